The van der Waals surface area contributed by atoms with Gasteiger partial charge in [0.1, 0.15) is 22.8 Å². The molecule has 2 aromatic rings. The molecule has 0 saturated heterocycles. The summed E-state index contributed by atoms with van der Waals surface area (Å²) in [6.45, 7) is 0.172. The summed E-state index contributed by atoms with van der Waals surface area (Å²) in [5.41, 5.74) is 3.65. The van der Waals surface area contributed by atoms with Crippen LogP contribution in [0.25, 0.3) is 5.76 Å². The molecule has 1 unspecified atom stereocenters. The number of ether oxygens (including phenoxy) is 1. The number of Topliss-reactive ketones (excluding diaryl/α,β-unsaturated/α-hetero) is 2. The molecule has 44 heavy (non-hydrogen) atoms. The molecule has 1 saturated carbocycles. The molecule has 5 rings (SSSR count). The number of methoxy groups -OCH3 is 1. The highest BCUT2D eigenvalue weighted by Crippen LogP contribution is 2.54. The van der Waals surface area contributed by atoms with Crippen LogP contribution in [0.15, 0.2) is 41.2 Å². The lowest BCUT2D eigenvalue weighted by atomic mass is 9.57. The number of fused-ring (bicyclic) bond motifs is 3. The molecule has 0 radical (unpaired) electrons. The maximum absolute atomic E-state index is 14.1. The molecule has 0 bridgehead atoms. The number of primary amides is 1. The van der Waals surface area contributed by atoms with Gasteiger partial charge in [0, 0.05) is 37.8 Å². The van der Waals surface area contributed by atoms with E-state index in [0.717, 1.165) is 0 Å². The molecule has 0 aliphatic heterocycles. The average Bonchev–Trinajstić information content (AvgIpc) is 2.94. The summed E-state index contributed by atoms with van der Waals surface area (Å²) in [5, 5.41) is 59.2. The number of benzene rings is 2. The Bertz CT molecular complexity index is 1660. The first-order chi connectivity index (χ1) is 20.6. The maximum atomic E-state index is 14.1. The summed E-state index contributed by atoms with van der Waals surface area (Å²) in [6, 6.07) is 5.38. The highest BCUT2D eigenvalue weighted by atomic mass is 16.5. The fourth-order valence-electron chi connectivity index (χ4n) is 6.87. The molecular weight excluding hydrogens is 572 g/mol. The van der Waals surface area contributed by atoms with Crippen LogP contribution in [-0.4, -0.2) is 94.8 Å². The van der Waals surface area contributed by atoms with E-state index in [1.807, 2.05) is 0 Å². The van der Waals surface area contributed by atoms with Crippen LogP contribution in [0.3, 0.4) is 0 Å². The van der Waals surface area contributed by atoms with Gasteiger partial charge in [0.2, 0.25) is 5.78 Å². The zero-order valence-electron chi connectivity index (χ0n) is 25.0. The van der Waals surface area contributed by atoms with E-state index in [1.165, 1.54) is 18.1 Å². The predicted octanol–water partition coefficient (Wildman–Crippen LogP) is 1.36. The number of ketones is 2. The van der Waals surface area contributed by atoms with Crippen molar-refractivity contribution >= 4 is 34.6 Å². The zero-order valence-corrected chi connectivity index (χ0v) is 25.0. The lowest BCUT2D eigenvalue weighted by Gasteiger charge is -2.50. The van der Waals surface area contributed by atoms with Crippen LogP contribution in [0.4, 0.5) is 11.4 Å². The van der Waals surface area contributed by atoms with Crippen LogP contribution >= 0.6 is 0 Å². The second-order valence-electron chi connectivity index (χ2n) is 11.9. The number of carbonyl (C=O) groups excluding carboxylic acids is 3. The summed E-state index contributed by atoms with van der Waals surface area (Å²) in [6.07, 6.45) is 0.169. The molecule has 234 valence electrons. The molecule has 1 amide bonds. The molecule has 8 N–H and O–H groups in total. The second-order valence-corrected chi connectivity index (χ2v) is 11.9. The summed E-state index contributed by atoms with van der Waals surface area (Å²) >= 11 is 0. The van der Waals surface area contributed by atoms with Crippen molar-refractivity contribution in [1.82, 2.24) is 4.90 Å². The molecule has 3 aliphatic carbocycles. The van der Waals surface area contributed by atoms with Crippen LogP contribution in [0, 0.1) is 11.8 Å². The van der Waals surface area contributed by atoms with Crippen LogP contribution in [0.2, 0.25) is 0 Å². The van der Waals surface area contributed by atoms with E-state index in [2.05, 4.69) is 5.32 Å². The summed E-state index contributed by atoms with van der Waals surface area (Å²) < 4.78 is 5.08. The van der Waals surface area contributed by atoms with Gasteiger partial charge in [-0.25, -0.2) is 0 Å². The number of hydrogen-bond donors (Lipinski definition) is 7. The van der Waals surface area contributed by atoms with E-state index in [9.17, 15) is 39.9 Å². The van der Waals surface area contributed by atoms with Gasteiger partial charge in [-0.3, -0.25) is 19.3 Å². The number of phenolic OH excluding ortho intramolecular Hbond substituents is 2. The van der Waals surface area contributed by atoms with Gasteiger partial charge >= 0.3 is 0 Å². The first-order valence-corrected chi connectivity index (χ1v) is 14.0. The number of amides is 1. The lowest BCUT2D eigenvalue weighted by Crippen LogP contribution is -2.65. The Balaban J connectivity index is 1.64. The van der Waals surface area contributed by atoms with Crippen molar-refractivity contribution in [1.29, 1.82) is 0 Å². The smallest absolute Gasteiger partial charge is 0.255 e. The minimum Gasteiger partial charge on any atom is -0.508 e. The van der Waals surface area contributed by atoms with Crippen LogP contribution in [0.5, 0.6) is 17.2 Å². The van der Waals surface area contributed by atoms with E-state index in [-0.39, 0.29) is 47.7 Å². The molecule has 4 atom stereocenters. The number of nitrogens with two attached hydrogens (primary N) is 1. The van der Waals surface area contributed by atoms with Crippen molar-refractivity contribution in [3.8, 4) is 17.2 Å². The van der Waals surface area contributed by atoms with E-state index in [4.69, 9.17) is 10.5 Å². The Morgan fingerprint density at radius 1 is 1.11 bits per heavy atom. The third-order valence-electron chi connectivity index (χ3n) is 8.91. The normalized spacial score (nSPS) is 24.6. The Labute approximate surface area is 253 Å². The van der Waals surface area contributed by atoms with Gasteiger partial charge in [-0.2, -0.15) is 0 Å². The van der Waals surface area contributed by atoms with Gasteiger partial charge in [-0.1, -0.05) is 6.07 Å². The monoisotopic (exact) mass is 608 g/mol. The molecule has 2 aromatic carbocycles. The van der Waals surface area contributed by atoms with Crippen LogP contribution in [0.1, 0.15) is 23.1 Å². The van der Waals surface area contributed by atoms with E-state index in [0.29, 0.717) is 22.6 Å². The minimum absolute atomic E-state index is 0.000354. The number of anilines is 2. The number of aliphatic hydroxyl groups excluding tert-OH is 2. The molecule has 0 heterocycles. The number of aliphatic hydroxyl groups is 3. The van der Waals surface area contributed by atoms with Gasteiger partial charge in [-0.15, -0.1) is 0 Å². The highest BCUT2D eigenvalue weighted by molar-refractivity contribution is 6.24. The Hall–Kier alpha value is -4.75. The minimum atomic E-state index is -2.71. The molecule has 3 aliphatic rings. The summed E-state index contributed by atoms with van der Waals surface area (Å²) in [4.78, 5) is 42.8. The maximum Gasteiger partial charge on any atom is 0.255 e. The predicted molar refractivity (Wildman–Crippen MR) is 161 cm³/mol. The fraction of sp³-hybridized carbons (Fsp3) is 0.387. The van der Waals surface area contributed by atoms with Crippen molar-refractivity contribution in [2.45, 2.75) is 31.0 Å². The second kappa shape index (κ2) is 10.8. The fourth-order valence-corrected chi connectivity index (χ4v) is 6.87. The number of hydrogen-bond acceptors (Lipinski definition) is 12. The zero-order chi connectivity index (χ0) is 32.4. The van der Waals surface area contributed by atoms with Crippen molar-refractivity contribution in [2.75, 3.05) is 45.5 Å². The standard InChI is InChI=1S/C31H36N4O9/c1-34(2)18-11-17(33-12-13-6-7-20(44-5)19(36)8-13)25(37)22-15(18)9-14-10-16-24(35(3)4)27(39)23(30(32)42)29(41)31(16,43)28(40)21(14)26(22)38/h6-8,11,14,16,24,33,36-38,41,43H,9-10,12H2,1-5H3,(H2,32,42)/t14-,16-,24?,31-/m1/s1. The first kappa shape index (κ1) is 30.7. The third-order valence-corrected chi connectivity index (χ3v) is 8.91. The largest absolute Gasteiger partial charge is 0.508 e. The number of nitrogens with zero attached hydrogens (tertiary/aromatic N) is 2. The van der Waals surface area contributed by atoms with E-state index in [1.54, 1.807) is 51.3 Å². The highest BCUT2D eigenvalue weighted by Gasteiger charge is 2.64. The Kier molecular flexibility index (Phi) is 7.50. The third kappa shape index (κ3) is 4.42. The summed E-state index contributed by atoms with van der Waals surface area (Å²) in [5.74, 6) is -6.82. The number of likely N-dealkylation sites (N-methyl/N-ethyl adjacent to an activating group) is 1. The van der Waals surface area contributed by atoms with E-state index >= 15 is 0 Å². The van der Waals surface area contributed by atoms with Crippen molar-refractivity contribution in [3.05, 3.63) is 57.9 Å². The van der Waals surface area contributed by atoms with Gasteiger partial charge < -0.3 is 46.2 Å². The molecular formula is C31H36N4O9. The molecule has 0 spiro atoms. The van der Waals surface area contributed by atoms with Crippen LogP contribution in [-0.2, 0) is 27.3 Å². The van der Waals surface area contributed by atoms with E-state index < -0.39 is 58.0 Å². The molecule has 0 aromatic heterocycles. The quantitative estimate of drug-likeness (QED) is 0.176. The van der Waals surface area contributed by atoms with Gasteiger partial charge in [0.05, 0.1) is 24.4 Å². The first-order valence-electron chi connectivity index (χ1n) is 14.0. The van der Waals surface area contributed by atoms with Gasteiger partial charge in [0.25, 0.3) is 5.91 Å². The van der Waals surface area contributed by atoms with Gasteiger partial charge in [0.15, 0.2) is 22.9 Å². The molecule has 13 heteroatoms. The number of carbonyl (C=O) groups is 3. The number of phenols is 2. The average molecular weight is 609 g/mol. The van der Waals surface area contributed by atoms with Crippen molar-refractivity contribution in [2.24, 2.45) is 17.6 Å². The Morgan fingerprint density at radius 3 is 2.36 bits per heavy atom. The number of rotatable bonds is 7. The van der Waals surface area contributed by atoms with Gasteiger partial charge in [-0.05, 0) is 62.2 Å². The summed E-state index contributed by atoms with van der Waals surface area (Å²) in [7, 11) is 8.12. The molecule has 1 fully saturated rings. The number of aromatic hydroxyl groups is 2. The lowest BCUT2D eigenvalue weighted by molar-refractivity contribution is -0.153. The molecule has 13 nitrogen and oxygen atoms in total. The SMILES string of the molecule is COc1ccc(CNc2cc(N(C)C)c3c(c2O)C(O)=C2C(=O)[C@@]4(O)C(O)=C(C(N)=O)C(=O)C(N(C)C)[C@H]4C[C@H]2C3)cc1O. The van der Waals surface area contributed by atoms with Crippen molar-refractivity contribution in [3.63, 3.8) is 0 Å². The van der Waals surface area contributed by atoms with Crippen LogP contribution < -0.4 is 20.7 Å². The Morgan fingerprint density at radius 2 is 1.80 bits per heavy atom. The van der Waals surface area contributed by atoms with Crippen molar-refractivity contribution < 1.29 is 44.7 Å². The number of nitrogens with one attached hydrogen (secondary N) is 1. The topological polar surface area (TPSA) is 206 Å².